The number of furan rings is 2. The zero-order valence-corrected chi connectivity index (χ0v) is 59.4. The van der Waals surface area contributed by atoms with E-state index in [2.05, 4.69) is 376 Å². The lowest BCUT2D eigenvalue weighted by atomic mass is 9.98. The van der Waals surface area contributed by atoms with Gasteiger partial charge < -0.3 is 27.1 Å². The predicted octanol–water partition coefficient (Wildman–Crippen LogP) is 28.5. The molecule has 110 heavy (non-hydrogen) atoms. The maximum Gasteiger partial charge on any atom is 0.143 e. The predicted molar refractivity (Wildman–Crippen MR) is 461 cm³/mol. The van der Waals surface area contributed by atoms with E-state index in [1.54, 1.807) is 0 Å². The Morgan fingerprint density at radius 3 is 1.03 bits per heavy atom. The molecule has 0 bridgehead atoms. The van der Waals surface area contributed by atoms with Gasteiger partial charge in [0.2, 0.25) is 0 Å². The fourth-order valence-electron chi connectivity index (χ4n) is 18.3. The lowest BCUT2D eigenvalue weighted by Crippen LogP contribution is -1.95. The van der Waals surface area contributed by atoms with Crippen molar-refractivity contribution in [2.24, 2.45) is 0 Å². The smallest absolute Gasteiger partial charge is 0.143 e. The Kier molecular flexibility index (Phi) is 12.9. The van der Waals surface area contributed by atoms with Gasteiger partial charge in [-0.25, -0.2) is 0 Å². The molecule has 0 saturated carbocycles. The minimum atomic E-state index is 0.894. The molecule has 0 fully saturated rings. The van der Waals surface area contributed by atoms with Crippen molar-refractivity contribution in [2.75, 3.05) is 0 Å². The van der Waals surface area contributed by atoms with E-state index >= 15 is 0 Å². The average Bonchev–Trinajstić information content (AvgIpc) is 1.58. The molecule has 18 aromatic carbocycles. The minimum Gasteiger partial charge on any atom is -0.456 e. The Bertz CT molecular complexity index is 8030. The highest BCUT2D eigenvalue weighted by Gasteiger charge is 2.23. The molecule has 0 aliphatic carbocycles. The molecule has 0 aliphatic heterocycles. The van der Waals surface area contributed by atoms with Crippen molar-refractivity contribution < 1.29 is 8.83 Å². The molecule has 24 aromatic rings. The second-order valence-corrected chi connectivity index (χ2v) is 29.5. The van der Waals surface area contributed by atoms with Crippen molar-refractivity contribution in [3.63, 3.8) is 0 Å². The zero-order chi connectivity index (χ0) is 71.8. The number of nitrogens with zero attached hydrogens (tertiary/aromatic N) is 4. The van der Waals surface area contributed by atoms with Gasteiger partial charge in [0.05, 0.1) is 44.1 Å². The van der Waals surface area contributed by atoms with Gasteiger partial charge in [0, 0.05) is 92.9 Å². The molecule has 0 unspecified atom stereocenters. The summed E-state index contributed by atoms with van der Waals surface area (Å²) >= 11 is 0. The Hall–Kier alpha value is -14.7. The van der Waals surface area contributed by atoms with E-state index in [-0.39, 0.29) is 0 Å². The lowest BCUT2D eigenvalue weighted by Gasteiger charge is -2.12. The number of fused-ring (bicyclic) bond motifs is 20. The second kappa shape index (κ2) is 23.4. The molecule has 6 aromatic heterocycles. The van der Waals surface area contributed by atoms with E-state index < -0.39 is 0 Å². The van der Waals surface area contributed by atoms with Crippen LogP contribution >= 0.6 is 0 Å². The van der Waals surface area contributed by atoms with Crippen LogP contribution in [0.5, 0.6) is 0 Å². The first-order valence-electron chi connectivity index (χ1n) is 37.7. The van der Waals surface area contributed by atoms with Crippen molar-refractivity contribution in [3.8, 4) is 78.4 Å². The monoisotopic (exact) mass is 1400 g/mol. The molecule has 0 radical (unpaired) electrons. The third-order valence-electron chi connectivity index (χ3n) is 23.5. The average molecular weight is 1400 g/mol. The Morgan fingerprint density at radius 1 is 0.155 bits per heavy atom. The van der Waals surface area contributed by atoms with Crippen molar-refractivity contribution in [1.82, 2.24) is 18.3 Å². The van der Waals surface area contributed by atoms with Crippen LogP contribution in [0.3, 0.4) is 0 Å². The highest BCUT2D eigenvalue weighted by molar-refractivity contribution is 6.17. The quantitative estimate of drug-likeness (QED) is 0.145. The summed E-state index contributed by atoms with van der Waals surface area (Å²) in [6.07, 6.45) is 0. The van der Waals surface area contributed by atoms with Gasteiger partial charge in [0.1, 0.15) is 22.3 Å². The summed E-state index contributed by atoms with van der Waals surface area (Å²) in [7, 11) is 0. The highest BCUT2D eigenvalue weighted by atomic mass is 16.3. The van der Waals surface area contributed by atoms with Gasteiger partial charge >= 0.3 is 0 Å². The zero-order valence-electron chi connectivity index (χ0n) is 59.4. The summed E-state index contributed by atoms with van der Waals surface area (Å²) < 4.78 is 22.6. The molecule has 0 amide bonds. The van der Waals surface area contributed by atoms with Gasteiger partial charge in [-0.05, 0) is 229 Å². The molecule has 24 rings (SSSR count). The molecule has 0 spiro atoms. The standard InChI is InChI=1S/C104H62N4O2/c1-3-16-76(17-4-1)105-93-26-11-7-20-81(93)88-56-66(38-47-95(88)105)69-41-50-98-91(59-69)84-46-37-72(62-100(84)108(98)79-44-35-63-30-32-65(52-74(63)54-79)70-42-51-103-92(60-70)86-23-10-13-28-101(86)109-103)71-36-45-83-90-58-68(39-48-96(90)106(99(83)61-71)77-18-5-2-6-19-77)67-40-49-97-89(57-67)82-21-8-12-27-94(82)107(97)78-43-34-64-31-33-73(53-75(64)55-78)80-24-15-25-87-85-22-9-14-29-102(85)110-104(80)87/h1-62H. The van der Waals surface area contributed by atoms with Gasteiger partial charge in [-0.1, -0.05) is 218 Å². The molecule has 510 valence electrons. The van der Waals surface area contributed by atoms with Crippen LogP contribution < -0.4 is 0 Å². The van der Waals surface area contributed by atoms with Crippen molar-refractivity contribution in [3.05, 3.63) is 376 Å². The Morgan fingerprint density at radius 2 is 0.491 bits per heavy atom. The number of hydrogen-bond donors (Lipinski definition) is 0. The van der Waals surface area contributed by atoms with Crippen LogP contribution in [-0.4, -0.2) is 18.3 Å². The molecule has 6 nitrogen and oxygen atoms in total. The van der Waals surface area contributed by atoms with E-state index in [1.165, 1.54) is 97.9 Å². The molecular formula is C104H62N4O2. The maximum atomic E-state index is 6.53. The summed E-state index contributed by atoms with van der Waals surface area (Å²) in [6, 6.07) is 139. The fourth-order valence-corrected chi connectivity index (χ4v) is 18.3. The highest BCUT2D eigenvalue weighted by Crippen LogP contribution is 2.46. The Balaban J connectivity index is 0.633. The lowest BCUT2D eigenvalue weighted by molar-refractivity contribution is 0.669. The van der Waals surface area contributed by atoms with Crippen LogP contribution in [-0.2, 0) is 0 Å². The van der Waals surface area contributed by atoms with E-state index in [0.29, 0.717) is 0 Å². The first kappa shape index (κ1) is 60.5. The normalized spacial score (nSPS) is 12.2. The summed E-state index contributed by atoms with van der Waals surface area (Å²) in [5.41, 5.74) is 28.9. The summed E-state index contributed by atoms with van der Waals surface area (Å²) in [5, 5.41) is 18.9. The van der Waals surface area contributed by atoms with Gasteiger partial charge in [-0.15, -0.1) is 0 Å². The third-order valence-corrected chi connectivity index (χ3v) is 23.5. The van der Waals surface area contributed by atoms with Crippen LogP contribution in [0.1, 0.15) is 0 Å². The van der Waals surface area contributed by atoms with E-state index in [1.807, 2.05) is 18.2 Å². The maximum absolute atomic E-state index is 6.53. The molecule has 0 aliphatic rings. The van der Waals surface area contributed by atoms with Crippen molar-refractivity contribution in [2.45, 2.75) is 0 Å². The number of aromatic nitrogens is 4. The van der Waals surface area contributed by atoms with Gasteiger partial charge in [-0.2, -0.15) is 0 Å². The Labute approximate surface area is 630 Å². The number of rotatable bonds is 9. The summed E-state index contributed by atoms with van der Waals surface area (Å²) in [4.78, 5) is 0. The van der Waals surface area contributed by atoms with Crippen LogP contribution in [0.4, 0.5) is 0 Å². The summed E-state index contributed by atoms with van der Waals surface area (Å²) in [6.45, 7) is 0. The number of hydrogen-bond acceptors (Lipinski definition) is 2. The molecule has 0 N–H and O–H groups in total. The SMILES string of the molecule is c1ccc(-n2c3ccccc3c3cc(-c4ccc5c(c4)c4ccc(-c6ccc7c8cc(-c9ccc%10c(c9)c9ccccc9n%10-c9ccc%10ccc(-c%11cccc%12c%11oc%11ccccc%11%12)cc%10c9)ccc8n(-c8ccccc8)c7c6)cc4n5-c4ccc5ccc(-c6ccc7oc8ccccc8c7c6)cc5c4)ccc32)cc1. The van der Waals surface area contributed by atoms with Gasteiger partial charge in [-0.3, -0.25) is 0 Å². The van der Waals surface area contributed by atoms with E-state index in [0.717, 1.165) is 133 Å². The minimum absolute atomic E-state index is 0.894. The molecule has 6 heteroatoms. The van der Waals surface area contributed by atoms with Gasteiger partial charge in [0.15, 0.2) is 0 Å². The number of benzene rings is 18. The largest absolute Gasteiger partial charge is 0.456 e. The van der Waals surface area contributed by atoms with E-state index in [4.69, 9.17) is 8.83 Å². The first-order chi connectivity index (χ1) is 54.5. The second-order valence-electron chi connectivity index (χ2n) is 29.5. The van der Waals surface area contributed by atoms with E-state index in [9.17, 15) is 0 Å². The number of para-hydroxylation sites is 7. The van der Waals surface area contributed by atoms with Crippen molar-refractivity contribution in [1.29, 1.82) is 0 Å². The van der Waals surface area contributed by atoms with Gasteiger partial charge in [0.25, 0.3) is 0 Å². The fraction of sp³-hybridized carbons (Fsp3) is 0. The van der Waals surface area contributed by atoms with Crippen LogP contribution in [0.2, 0.25) is 0 Å². The van der Waals surface area contributed by atoms with Crippen LogP contribution in [0.15, 0.2) is 385 Å². The van der Waals surface area contributed by atoms with Crippen molar-refractivity contribution >= 4 is 153 Å². The molecule has 0 atom stereocenters. The molecular weight excluding hydrogens is 1340 g/mol. The summed E-state index contributed by atoms with van der Waals surface area (Å²) in [5.74, 6) is 0. The van der Waals surface area contributed by atoms with Crippen LogP contribution in [0, 0.1) is 0 Å². The first-order valence-corrected chi connectivity index (χ1v) is 37.7. The third kappa shape index (κ3) is 9.17. The van der Waals surface area contributed by atoms with Crippen LogP contribution in [0.25, 0.3) is 231 Å². The molecule has 0 saturated heterocycles. The molecule has 6 heterocycles. The topological polar surface area (TPSA) is 46.0 Å².